The van der Waals surface area contributed by atoms with E-state index in [1.807, 2.05) is 14.1 Å². The molecule has 0 saturated carbocycles. The van der Waals surface area contributed by atoms with Gasteiger partial charge in [-0.3, -0.25) is 4.79 Å². The lowest BCUT2D eigenvalue weighted by molar-refractivity contribution is 0.0952. The van der Waals surface area contributed by atoms with Crippen molar-refractivity contribution in [2.75, 3.05) is 32.5 Å². The molecule has 1 amide bonds. The predicted octanol–water partition coefficient (Wildman–Crippen LogP) is 1.02. The van der Waals surface area contributed by atoms with Gasteiger partial charge >= 0.3 is 0 Å². The van der Waals surface area contributed by atoms with Crippen LogP contribution in [0.2, 0.25) is 0 Å². The summed E-state index contributed by atoms with van der Waals surface area (Å²) in [6.45, 7) is 1.63. The fourth-order valence-corrected chi connectivity index (χ4v) is 1.66. The van der Waals surface area contributed by atoms with Crippen molar-refractivity contribution < 1.29 is 4.79 Å². The minimum Gasteiger partial charge on any atom is -0.376 e. The molecule has 0 saturated heterocycles. The highest BCUT2D eigenvalue weighted by Gasteiger charge is 2.04. The number of hydrogen-bond acceptors (Lipinski definition) is 3. The van der Waals surface area contributed by atoms with E-state index in [9.17, 15) is 4.79 Å². The first-order valence-corrected chi connectivity index (χ1v) is 6.49. The number of hydrogen-bond donors (Lipinski definition) is 3. The van der Waals surface area contributed by atoms with Crippen LogP contribution in [0.25, 0.3) is 0 Å². The summed E-state index contributed by atoms with van der Waals surface area (Å²) < 4.78 is 0. The van der Waals surface area contributed by atoms with Gasteiger partial charge in [0.2, 0.25) is 0 Å². The summed E-state index contributed by atoms with van der Waals surface area (Å²) in [5, 5.41) is 5.89. The molecule has 1 aromatic rings. The molecule has 0 unspecified atom stereocenters. The summed E-state index contributed by atoms with van der Waals surface area (Å²) in [7, 11) is 4.02. The lowest BCUT2D eigenvalue weighted by Crippen LogP contribution is -2.27. The van der Waals surface area contributed by atoms with Crippen LogP contribution in [-0.4, -0.2) is 43.1 Å². The van der Waals surface area contributed by atoms with E-state index >= 15 is 0 Å². The van der Waals surface area contributed by atoms with Crippen LogP contribution >= 0.6 is 12.2 Å². The Hall–Kier alpha value is -1.66. The first-order valence-electron chi connectivity index (χ1n) is 6.08. The van der Waals surface area contributed by atoms with E-state index in [0.717, 1.165) is 18.7 Å². The number of anilines is 1. The minimum atomic E-state index is -0.0689. The van der Waals surface area contributed by atoms with Crippen molar-refractivity contribution in [1.29, 1.82) is 0 Å². The van der Waals surface area contributed by atoms with Gasteiger partial charge in [0.15, 0.2) is 5.11 Å². The molecule has 0 aliphatic rings. The molecule has 19 heavy (non-hydrogen) atoms. The van der Waals surface area contributed by atoms with Gasteiger partial charge in [-0.2, -0.15) is 0 Å². The fourth-order valence-electron chi connectivity index (χ4n) is 1.55. The van der Waals surface area contributed by atoms with Gasteiger partial charge in [0, 0.05) is 17.8 Å². The predicted molar refractivity (Wildman–Crippen MR) is 82.4 cm³/mol. The Balaban J connectivity index is 2.42. The second-order valence-corrected chi connectivity index (χ2v) is 4.92. The summed E-state index contributed by atoms with van der Waals surface area (Å²) in [5.41, 5.74) is 6.76. The number of nitrogens with zero attached hydrogens (tertiary/aromatic N) is 1. The molecule has 0 radical (unpaired) electrons. The maximum Gasteiger partial charge on any atom is 0.251 e. The number of nitrogens with two attached hydrogens (primary N) is 1. The van der Waals surface area contributed by atoms with Gasteiger partial charge in [-0.05, 0) is 63.5 Å². The highest BCUT2D eigenvalue weighted by atomic mass is 32.1. The topological polar surface area (TPSA) is 70.4 Å². The molecule has 6 heteroatoms. The second kappa shape index (κ2) is 7.70. The highest BCUT2D eigenvalue weighted by Crippen LogP contribution is 2.09. The van der Waals surface area contributed by atoms with Crippen LogP contribution in [0.15, 0.2) is 24.3 Å². The molecule has 104 valence electrons. The standard InChI is InChI=1S/C13H20N4OS/c1-17(2)9-3-8-15-12(18)10-4-6-11(7-5-10)16-13(14)19/h4-7H,3,8-9H2,1-2H3,(H,15,18)(H3,14,16,19). The smallest absolute Gasteiger partial charge is 0.251 e. The van der Waals surface area contributed by atoms with Crippen molar-refractivity contribution in [1.82, 2.24) is 10.2 Å². The van der Waals surface area contributed by atoms with Gasteiger partial charge in [0.25, 0.3) is 5.91 Å². The Labute approximate surface area is 119 Å². The first-order chi connectivity index (χ1) is 8.99. The number of carbonyl (C=O) groups is 1. The maximum atomic E-state index is 11.8. The molecule has 1 aromatic carbocycles. The lowest BCUT2D eigenvalue weighted by Gasteiger charge is -2.10. The van der Waals surface area contributed by atoms with Gasteiger partial charge in [-0.15, -0.1) is 0 Å². The normalized spacial score (nSPS) is 10.3. The van der Waals surface area contributed by atoms with Crippen molar-refractivity contribution in [3.63, 3.8) is 0 Å². The van der Waals surface area contributed by atoms with Crippen molar-refractivity contribution in [2.45, 2.75) is 6.42 Å². The summed E-state index contributed by atoms with van der Waals surface area (Å²) in [6, 6.07) is 7.02. The zero-order valence-corrected chi connectivity index (χ0v) is 12.1. The Kier molecular flexibility index (Phi) is 6.24. The Bertz CT molecular complexity index is 431. The van der Waals surface area contributed by atoms with Crippen LogP contribution in [0.4, 0.5) is 5.69 Å². The first kappa shape index (κ1) is 15.4. The van der Waals surface area contributed by atoms with Crippen LogP contribution in [0.1, 0.15) is 16.8 Å². The SMILES string of the molecule is CN(C)CCCNC(=O)c1ccc(NC(N)=S)cc1. The number of nitrogens with one attached hydrogen (secondary N) is 2. The third-order valence-corrected chi connectivity index (χ3v) is 2.58. The number of thiocarbonyl (C=S) groups is 1. The number of amides is 1. The fraction of sp³-hybridized carbons (Fsp3) is 0.385. The van der Waals surface area contributed by atoms with E-state index in [4.69, 9.17) is 18.0 Å². The van der Waals surface area contributed by atoms with E-state index in [1.54, 1.807) is 24.3 Å². The Morgan fingerprint density at radius 1 is 1.32 bits per heavy atom. The van der Waals surface area contributed by atoms with Crippen molar-refractivity contribution in [3.05, 3.63) is 29.8 Å². The molecular formula is C13H20N4OS. The molecule has 0 bridgehead atoms. The lowest BCUT2D eigenvalue weighted by atomic mass is 10.2. The Morgan fingerprint density at radius 3 is 2.47 bits per heavy atom. The summed E-state index contributed by atoms with van der Waals surface area (Å²) in [4.78, 5) is 13.9. The summed E-state index contributed by atoms with van der Waals surface area (Å²) >= 11 is 4.74. The molecule has 0 heterocycles. The monoisotopic (exact) mass is 280 g/mol. The Morgan fingerprint density at radius 2 is 1.95 bits per heavy atom. The molecule has 0 spiro atoms. The van der Waals surface area contributed by atoms with Crippen LogP contribution in [0, 0.1) is 0 Å². The van der Waals surface area contributed by atoms with Gasteiger partial charge in [-0.1, -0.05) is 0 Å². The number of benzene rings is 1. The molecule has 0 aliphatic carbocycles. The van der Waals surface area contributed by atoms with Gasteiger partial charge < -0.3 is 21.3 Å². The average molecular weight is 280 g/mol. The minimum absolute atomic E-state index is 0.0689. The molecule has 0 aliphatic heterocycles. The van der Waals surface area contributed by atoms with E-state index < -0.39 is 0 Å². The summed E-state index contributed by atoms with van der Waals surface area (Å²) in [6.07, 6.45) is 0.930. The van der Waals surface area contributed by atoms with Crippen molar-refractivity contribution in [2.24, 2.45) is 5.73 Å². The molecule has 0 atom stereocenters. The molecule has 4 N–H and O–H groups in total. The van der Waals surface area contributed by atoms with Crippen LogP contribution in [0.5, 0.6) is 0 Å². The van der Waals surface area contributed by atoms with Gasteiger partial charge in [0.05, 0.1) is 0 Å². The van der Waals surface area contributed by atoms with Crippen LogP contribution in [0.3, 0.4) is 0 Å². The van der Waals surface area contributed by atoms with E-state index in [1.165, 1.54) is 0 Å². The zero-order chi connectivity index (χ0) is 14.3. The second-order valence-electron chi connectivity index (χ2n) is 4.48. The van der Waals surface area contributed by atoms with Gasteiger partial charge in [-0.25, -0.2) is 0 Å². The highest BCUT2D eigenvalue weighted by molar-refractivity contribution is 7.80. The molecule has 0 aromatic heterocycles. The van der Waals surface area contributed by atoms with Crippen molar-refractivity contribution in [3.8, 4) is 0 Å². The summed E-state index contributed by atoms with van der Waals surface area (Å²) in [5.74, 6) is -0.0689. The maximum absolute atomic E-state index is 11.8. The van der Waals surface area contributed by atoms with E-state index in [0.29, 0.717) is 12.1 Å². The average Bonchev–Trinajstić information content (AvgIpc) is 2.34. The van der Waals surface area contributed by atoms with E-state index in [2.05, 4.69) is 15.5 Å². The van der Waals surface area contributed by atoms with Gasteiger partial charge in [0.1, 0.15) is 0 Å². The zero-order valence-electron chi connectivity index (χ0n) is 11.3. The van der Waals surface area contributed by atoms with Crippen molar-refractivity contribution >= 4 is 28.9 Å². The number of carbonyl (C=O) groups excluding carboxylic acids is 1. The molecular weight excluding hydrogens is 260 g/mol. The molecule has 1 rings (SSSR count). The molecule has 0 fully saturated rings. The molecule has 5 nitrogen and oxygen atoms in total. The van der Waals surface area contributed by atoms with Crippen LogP contribution < -0.4 is 16.4 Å². The third-order valence-electron chi connectivity index (χ3n) is 2.48. The quantitative estimate of drug-likeness (QED) is 0.536. The van der Waals surface area contributed by atoms with Crippen LogP contribution in [-0.2, 0) is 0 Å². The third kappa shape index (κ3) is 6.17. The largest absolute Gasteiger partial charge is 0.376 e. The number of rotatable bonds is 6. The van der Waals surface area contributed by atoms with E-state index in [-0.39, 0.29) is 11.0 Å².